The third kappa shape index (κ3) is 6.30. The lowest BCUT2D eigenvalue weighted by Gasteiger charge is -2.38. The van der Waals surface area contributed by atoms with Gasteiger partial charge in [-0.1, -0.05) is 56.8 Å². The van der Waals surface area contributed by atoms with Crippen LogP contribution in [-0.2, 0) is 21.4 Å². The molecule has 2 aromatic rings. The van der Waals surface area contributed by atoms with Crippen LogP contribution in [0.3, 0.4) is 0 Å². The molecule has 6 nitrogen and oxygen atoms in total. The number of thioether (sulfide) groups is 1. The van der Waals surface area contributed by atoms with Gasteiger partial charge in [0.05, 0.1) is 16.5 Å². The Bertz CT molecular complexity index is 1170. The SMILES string of the molecule is CC(C)(C)OC(=O)CSC1=Nc2cc(C(=O)N3CCN(c4ccccc4C(C)(C)C)CC3)ccc2C1. The number of para-hydroxylation sites is 1. The predicted molar refractivity (Wildman–Crippen MR) is 149 cm³/mol. The van der Waals surface area contributed by atoms with E-state index >= 15 is 0 Å². The van der Waals surface area contributed by atoms with E-state index in [4.69, 9.17) is 4.74 Å². The van der Waals surface area contributed by atoms with Gasteiger partial charge in [0.1, 0.15) is 5.60 Å². The van der Waals surface area contributed by atoms with Crippen LogP contribution in [0.4, 0.5) is 11.4 Å². The zero-order valence-corrected chi connectivity index (χ0v) is 23.1. The second kappa shape index (κ2) is 10.3. The molecule has 1 amide bonds. The van der Waals surface area contributed by atoms with Crippen LogP contribution >= 0.6 is 11.8 Å². The van der Waals surface area contributed by atoms with Crippen LogP contribution in [0.1, 0.15) is 63.0 Å². The average molecular weight is 508 g/mol. The molecule has 0 aromatic heterocycles. The van der Waals surface area contributed by atoms with E-state index in [0.717, 1.165) is 29.4 Å². The zero-order chi connectivity index (χ0) is 26.1. The standard InChI is InChI=1S/C29H37N3O3S/c1-28(2,3)22-9-7-8-10-24(22)31-13-15-32(16-14-31)27(34)21-12-11-20-18-25(30-23(20)17-21)36-19-26(33)35-29(4,5)6/h7-12,17H,13-16,18-19H2,1-6H3. The second-order valence-corrected chi connectivity index (χ2v) is 12.5. The van der Waals surface area contributed by atoms with Crippen molar-refractivity contribution in [3.05, 3.63) is 59.2 Å². The summed E-state index contributed by atoms with van der Waals surface area (Å²) in [5.74, 6) is 0.0382. The highest BCUT2D eigenvalue weighted by Crippen LogP contribution is 2.34. The fraction of sp³-hybridized carbons (Fsp3) is 0.483. The van der Waals surface area contributed by atoms with Crippen molar-refractivity contribution in [2.24, 2.45) is 4.99 Å². The van der Waals surface area contributed by atoms with E-state index in [2.05, 4.69) is 54.9 Å². The lowest BCUT2D eigenvalue weighted by Crippen LogP contribution is -2.49. The number of carbonyl (C=O) groups excluding carboxylic acids is 2. The van der Waals surface area contributed by atoms with Gasteiger partial charge in [0.15, 0.2) is 0 Å². The van der Waals surface area contributed by atoms with Crippen molar-refractivity contribution >= 4 is 40.1 Å². The van der Waals surface area contributed by atoms with Crippen molar-refractivity contribution < 1.29 is 14.3 Å². The number of carbonyl (C=O) groups is 2. The first kappa shape index (κ1) is 26.3. The van der Waals surface area contributed by atoms with Crippen LogP contribution in [0.15, 0.2) is 47.5 Å². The maximum Gasteiger partial charge on any atom is 0.316 e. The van der Waals surface area contributed by atoms with Gasteiger partial charge >= 0.3 is 5.97 Å². The van der Waals surface area contributed by atoms with E-state index in [1.807, 2.05) is 43.9 Å². The molecule has 4 rings (SSSR count). The fourth-order valence-corrected chi connectivity index (χ4v) is 5.36. The highest BCUT2D eigenvalue weighted by Gasteiger charge is 2.27. The van der Waals surface area contributed by atoms with Gasteiger partial charge in [-0.15, -0.1) is 0 Å². The Hall–Kier alpha value is -2.80. The summed E-state index contributed by atoms with van der Waals surface area (Å²) in [6.07, 6.45) is 0.684. The van der Waals surface area contributed by atoms with Gasteiger partial charge in [-0.05, 0) is 55.5 Å². The van der Waals surface area contributed by atoms with Gasteiger partial charge in [-0.2, -0.15) is 0 Å². The molecule has 2 aliphatic heterocycles. The second-order valence-electron chi connectivity index (χ2n) is 11.4. The van der Waals surface area contributed by atoms with E-state index in [-0.39, 0.29) is 23.0 Å². The molecule has 2 aromatic carbocycles. The third-order valence-corrected chi connectivity index (χ3v) is 7.26. The number of hydrogen-bond donors (Lipinski definition) is 0. The van der Waals surface area contributed by atoms with Crippen molar-refractivity contribution in [1.29, 1.82) is 0 Å². The van der Waals surface area contributed by atoms with Gasteiger partial charge in [-0.25, -0.2) is 4.99 Å². The van der Waals surface area contributed by atoms with Crippen molar-refractivity contribution in [1.82, 2.24) is 4.90 Å². The van der Waals surface area contributed by atoms with Crippen molar-refractivity contribution in [3.63, 3.8) is 0 Å². The maximum absolute atomic E-state index is 13.3. The minimum absolute atomic E-state index is 0.0478. The molecule has 1 fully saturated rings. The molecule has 0 aliphatic carbocycles. The summed E-state index contributed by atoms with van der Waals surface area (Å²) in [6.45, 7) is 15.3. The number of esters is 1. The maximum atomic E-state index is 13.3. The summed E-state index contributed by atoms with van der Waals surface area (Å²) in [5, 5.41) is 0.881. The number of rotatable bonds is 4. The molecule has 36 heavy (non-hydrogen) atoms. The first-order valence-electron chi connectivity index (χ1n) is 12.6. The third-order valence-electron chi connectivity index (χ3n) is 6.32. The minimum atomic E-state index is -0.491. The molecule has 2 aliphatic rings. The van der Waals surface area contributed by atoms with Crippen LogP contribution < -0.4 is 4.90 Å². The largest absolute Gasteiger partial charge is 0.459 e. The molecule has 7 heteroatoms. The molecule has 0 spiro atoms. The number of hydrogen-bond acceptors (Lipinski definition) is 6. The highest BCUT2D eigenvalue weighted by atomic mass is 32.2. The first-order valence-corrected chi connectivity index (χ1v) is 13.6. The molecule has 0 radical (unpaired) electrons. The van der Waals surface area contributed by atoms with Gasteiger partial charge < -0.3 is 14.5 Å². The van der Waals surface area contributed by atoms with Crippen LogP contribution in [0.25, 0.3) is 0 Å². The van der Waals surface area contributed by atoms with E-state index < -0.39 is 5.60 Å². The number of amides is 1. The summed E-state index contributed by atoms with van der Waals surface area (Å²) in [7, 11) is 0. The number of piperazine rings is 1. The molecule has 0 N–H and O–H groups in total. The van der Waals surface area contributed by atoms with Crippen LogP contribution in [0.5, 0.6) is 0 Å². The summed E-state index contributed by atoms with van der Waals surface area (Å²) < 4.78 is 5.38. The van der Waals surface area contributed by atoms with Gasteiger partial charge in [0, 0.05) is 43.9 Å². The number of ether oxygens (including phenoxy) is 1. The molecule has 2 heterocycles. The van der Waals surface area contributed by atoms with Gasteiger partial charge in [0.2, 0.25) is 0 Å². The fourth-order valence-electron chi connectivity index (χ4n) is 4.60. The van der Waals surface area contributed by atoms with Crippen LogP contribution in [-0.4, -0.2) is 59.4 Å². The summed E-state index contributed by atoms with van der Waals surface area (Å²) >= 11 is 1.41. The molecule has 0 bridgehead atoms. The van der Waals surface area contributed by atoms with Crippen molar-refractivity contribution in [2.75, 3.05) is 36.8 Å². The van der Waals surface area contributed by atoms with Gasteiger partial charge in [-0.3, -0.25) is 9.59 Å². The Morgan fingerprint density at radius 1 is 0.972 bits per heavy atom. The quantitative estimate of drug-likeness (QED) is 0.504. The first-order chi connectivity index (χ1) is 16.9. The Kier molecular flexibility index (Phi) is 7.51. The number of anilines is 1. The minimum Gasteiger partial charge on any atom is -0.459 e. The molecule has 0 atom stereocenters. The number of nitrogens with zero attached hydrogens (tertiary/aromatic N) is 3. The summed E-state index contributed by atoms with van der Waals surface area (Å²) in [5.41, 5.74) is 4.75. The molecule has 0 unspecified atom stereocenters. The van der Waals surface area contributed by atoms with Crippen LogP contribution in [0, 0.1) is 0 Å². The summed E-state index contributed by atoms with van der Waals surface area (Å²) in [4.78, 5) is 34.3. The lowest BCUT2D eigenvalue weighted by molar-refractivity contribution is -0.151. The normalized spacial score (nSPS) is 16.0. The van der Waals surface area contributed by atoms with E-state index in [1.54, 1.807) is 0 Å². The molecule has 192 valence electrons. The average Bonchev–Trinajstić information content (AvgIpc) is 3.23. The van der Waals surface area contributed by atoms with Crippen molar-refractivity contribution in [3.8, 4) is 0 Å². The van der Waals surface area contributed by atoms with E-state index in [1.165, 1.54) is 23.0 Å². The number of fused-ring (bicyclic) bond motifs is 1. The molecule has 1 saturated heterocycles. The molecular formula is C29H37N3O3S. The zero-order valence-electron chi connectivity index (χ0n) is 22.3. The smallest absolute Gasteiger partial charge is 0.316 e. The Labute approximate surface area is 219 Å². The Morgan fingerprint density at radius 2 is 1.67 bits per heavy atom. The van der Waals surface area contributed by atoms with Crippen molar-refractivity contribution in [2.45, 2.75) is 59.0 Å². The molecule has 0 saturated carbocycles. The van der Waals surface area contributed by atoms with E-state index in [9.17, 15) is 9.59 Å². The summed E-state index contributed by atoms with van der Waals surface area (Å²) in [6, 6.07) is 14.4. The lowest BCUT2D eigenvalue weighted by atomic mass is 9.85. The Balaban J connectivity index is 1.37. The molecular weight excluding hydrogens is 470 g/mol. The highest BCUT2D eigenvalue weighted by molar-refractivity contribution is 8.14. The Morgan fingerprint density at radius 3 is 2.33 bits per heavy atom. The monoisotopic (exact) mass is 507 g/mol. The number of benzene rings is 2. The number of aliphatic imine (C=N–C) groups is 1. The predicted octanol–water partition coefficient (Wildman–Crippen LogP) is 5.61. The van der Waals surface area contributed by atoms with Crippen LogP contribution in [0.2, 0.25) is 0 Å². The van der Waals surface area contributed by atoms with E-state index in [0.29, 0.717) is 25.1 Å². The van der Waals surface area contributed by atoms with Gasteiger partial charge in [0.25, 0.3) is 5.91 Å². The topological polar surface area (TPSA) is 62.2 Å².